The van der Waals surface area contributed by atoms with Crippen LogP contribution in [-0.2, 0) is 15.6 Å². The van der Waals surface area contributed by atoms with Crippen molar-refractivity contribution in [2.45, 2.75) is 37.5 Å². The van der Waals surface area contributed by atoms with Crippen molar-refractivity contribution in [3.63, 3.8) is 0 Å². The first kappa shape index (κ1) is 32.2. The van der Waals surface area contributed by atoms with E-state index in [9.17, 15) is 31.1 Å². The molecule has 0 heterocycles. The van der Waals surface area contributed by atoms with Gasteiger partial charge in [-0.25, -0.2) is 9.18 Å². The zero-order valence-electron chi connectivity index (χ0n) is 22.3. The fraction of sp³-hybridized carbons (Fsp3) is 0.267. The standard InChI is InChI=1S/C30H29F6N2O4/c1-19(24-11-9-22(37)16-26(24)38)18-41-28(39)13-6-20-4-7-21(8-5-20)30(35,36)42-27-12-10-23(17-25(27)31)40-15-3-2-14-29(32,33)34/h4-13,16-17,19H,1-3,14-15,18,37-38H2/b13-6+. The van der Waals surface area contributed by atoms with Gasteiger partial charge in [0.15, 0.2) is 11.6 Å². The molecule has 3 rings (SSSR count). The van der Waals surface area contributed by atoms with E-state index in [1.54, 1.807) is 18.2 Å². The van der Waals surface area contributed by atoms with Crippen LogP contribution in [0.1, 0.15) is 41.9 Å². The second kappa shape index (κ2) is 14.0. The van der Waals surface area contributed by atoms with Crippen LogP contribution in [0.15, 0.2) is 66.7 Å². The van der Waals surface area contributed by atoms with E-state index in [0.29, 0.717) is 22.5 Å². The number of anilines is 2. The van der Waals surface area contributed by atoms with Gasteiger partial charge in [-0.15, -0.1) is 0 Å². The molecule has 1 atom stereocenters. The smallest absolute Gasteiger partial charge is 0.426 e. The highest BCUT2D eigenvalue weighted by atomic mass is 19.4. The Labute approximate surface area is 238 Å². The summed E-state index contributed by atoms with van der Waals surface area (Å²) in [6.45, 7) is 3.77. The van der Waals surface area contributed by atoms with Crippen LogP contribution in [0.5, 0.6) is 11.5 Å². The minimum Gasteiger partial charge on any atom is -0.493 e. The molecule has 6 nitrogen and oxygen atoms in total. The molecule has 12 heteroatoms. The SMILES string of the molecule is [CH2]C(COC(=O)/C=C/c1ccc(C(F)(F)Oc2ccc(OCCCCC(F)(F)F)cc2F)cc1)c1ccc(N)cc1N. The van der Waals surface area contributed by atoms with Crippen molar-refractivity contribution in [2.24, 2.45) is 0 Å². The van der Waals surface area contributed by atoms with Crippen molar-refractivity contribution in [2.75, 3.05) is 24.7 Å². The summed E-state index contributed by atoms with van der Waals surface area (Å²) in [4.78, 5) is 12.1. The number of hydrogen-bond donors (Lipinski definition) is 2. The van der Waals surface area contributed by atoms with E-state index in [-0.39, 0.29) is 31.8 Å². The Kier molecular flexibility index (Phi) is 10.7. The second-order valence-corrected chi connectivity index (χ2v) is 9.30. The zero-order chi connectivity index (χ0) is 30.9. The lowest BCUT2D eigenvalue weighted by molar-refractivity contribution is -0.187. The van der Waals surface area contributed by atoms with Crippen molar-refractivity contribution in [1.82, 2.24) is 0 Å². The van der Waals surface area contributed by atoms with E-state index in [0.717, 1.165) is 30.3 Å². The molecule has 0 saturated heterocycles. The quantitative estimate of drug-likeness (QED) is 0.0703. The van der Waals surface area contributed by atoms with Crippen molar-refractivity contribution in [1.29, 1.82) is 0 Å². The van der Waals surface area contributed by atoms with Crippen LogP contribution in [0.3, 0.4) is 0 Å². The van der Waals surface area contributed by atoms with Crippen LogP contribution in [0.25, 0.3) is 6.08 Å². The Morgan fingerprint density at radius 3 is 2.31 bits per heavy atom. The van der Waals surface area contributed by atoms with Crippen molar-refractivity contribution >= 4 is 23.4 Å². The van der Waals surface area contributed by atoms with Gasteiger partial charge in [0.1, 0.15) is 5.75 Å². The average Bonchev–Trinajstić information content (AvgIpc) is 2.91. The Morgan fingerprint density at radius 2 is 1.67 bits per heavy atom. The van der Waals surface area contributed by atoms with Crippen molar-refractivity contribution in [3.05, 3.63) is 96.2 Å². The zero-order valence-corrected chi connectivity index (χ0v) is 22.3. The maximum absolute atomic E-state index is 14.7. The minimum absolute atomic E-state index is 0.0371. The normalized spacial score (nSPS) is 12.7. The molecule has 1 unspecified atom stereocenters. The highest BCUT2D eigenvalue weighted by molar-refractivity contribution is 5.87. The molecule has 0 amide bonds. The monoisotopic (exact) mass is 595 g/mol. The van der Waals surface area contributed by atoms with Gasteiger partial charge in [-0.3, -0.25) is 0 Å². The van der Waals surface area contributed by atoms with Gasteiger partial charge in [0.2, 0.25) is 0 Å². The summed E-state index contributed by atoms with van der Waals surface area (Å²) in [5.41, 5.74) is 13.0. The van der Waals surface area contributed by atoms with Crippen molar-refractivity contribution in [3.8, 4) is 11.5 Å². The van der Waals surface area contributed by atoms with Crippen LogP contribution in [0.2, 0.25) is 0 Å². The van der Waals surface area contributed by atoms with Gasteiger partial charge in [0, 0.05) is 35.9 Å². The lowest BCUT2D eigenvalue weighted by Gasteiger charge is -2.19. The van der Waals surface area contributed by atoms with Gasteiger partial charge in [0.25, 0.3) is 0 Å². The summed E-state index contributed by atoms with van der Waals surface area (Å²) in [6, 6.07) is 12.6. The molecule has 0 aliphatic heterocycles. The van der Waals surface area contributed by atoms with Gasteiger partial charge >= 0.3 is 18.3 Å². The molecule has 0 fully saturated rings. The van der Waals surface area contributed by atoms with Gasteiger partial charge in [-0.1, -0.05) is 18.2 Å². The van der Waals surface area contributed by atoms with E-state index >= 15 is 0 Å². The van der Waals surface area contributed by atoms with Gasteiger partial charge in [-0.05, 0) is 73.4 Å². The molecule has 0 spiro atoms. The van der Waals surface area contributed by atoms with Gasteiger partial charge < -0.3 is 25.7 Å². The fourth-order valence-electron chi connectivity index (χ4n) is 3.71. The summed E-state index contributed by atoms with van der Waals surface area (Å²) in [5, 5.41) is 0. The molecule has 1 radical (unpaired) electrons. The fourth-order valence-corrected chi connectivity index (χ4v) is 3.71. The van der Waals surface area contributed by atoms with E-state index in [1.807, 2.05) is 0 Å². The topological polar surface area (TPSA) is 96.8 Å². The molecule has 0 aromatic heterocycles. The van der Waals surface area contributed by atoms with Crippen LogP contribution in [0, 0.1) is 12.7 Å². The molecule has 3 aromatic rings. The molecule has 3 aromatic carbocycles. The minimum atomic E-state index is -4.27. The van der Waals surface area contributed by atoms with E-state index < -0.39 is 47.7 Å². The van der Waals surface area contributed by atoms with Crippen LogP contribution < -0.4 is 20.9 Å². The van der Waals surface area contributed by atoms with Crippen molar-refractivity contribution < 1.29 is 45.3 Å². The summed E-state index contributed by atoms with van der Waals surface area (Å²) >= 11 is 0. The maximum Gasteiger partial charge on any atom is 0.426 e. The van der Waals surface area contributed by atoms with E-state index in [1.165, 1.54) is 24.3 Å². The Hall–Kier alpha value is -4.35. The predicted molar refractivity (Wildman–Crippen MR) is 146 cm³/mol. The first-order chi connectivity index (χ1) is 19.7. The lowest BCUT2D eigenvalue weighted by atomic mass is 10.00. The third kappa shape index (κ3) is 9.93. The highest BCUT2D eigenvalue weighted by Crippen LogP contribution is 2.34. The van der Waals surface area contributed by atoms with Crippen LogP contribution in [0.4, 0.5) is 37.7 Å². The first-order valence-corrected chi connectivity index (χ1v) is 12.7. The van der Waals surface area contributed by atoms with E-state index in [4.69, 9.17) is 20.9 Å². The molecule has 4 N–H and O–H groups in total. The predicted octanol–water partition coefficient (Wildman–Crippen LogP) is 7.40. The van der Waals surface area contributed by atoms with Crippen LogP contribution >= 0.6 is 0 Å². The number of ether oxygens (including phenoxy) is 3. The largest absolute Gasteiger partial charge is 0.493 e. The summed E-state index contributed by atoms with van der Waals surface area (Å²) in [7, 11) is 0. The molecule has 42 heavy (non-hydrogen) atoms. The summed E-state index contributed by atoms with van der Waals surface area (Å²) in [5.74, 6) is -3.04. The second-order valence-electron chi connectivity index (χ2n) is 9.30. The van der Waals surface area contributed by atoms with E-state index in [2.05, 4.69) is 11.7 Å². The molecular formula is C30H29F6N2O4. The molecule has 0 aliphatic rings. The molecule has 225 valence electrons. The van der Waals surface area contributed by atoms with Crippen LogP contribution in [-0.4, -0.2) is 25.4 Å². The molecule has 0 saturated carbocycles. The number of nitrogen functional groups attached to an aromatic ring is 2. The maximum atomic E-state index is 14.7. The molecule has 0 aliphatic carbocycles. The molecule has 0 bridgehead atoms. The number of carbonyl (C=O) groups excluding carboxylic acids is 1. The lowest BCUT2D eigenvalue weighted by Crippen LogP contribution is -2.22. The number of rotatable bonds is 13. The Balaban J connectivity index is 1.51. The Bertz CT molecular complexity index is 1380. The summed E-state index contributed by atoms with van der Waals surface area (Å²) < 4.78 is 95.2. The van der Waals surface area contributed by atoms with Gasteiger partial charge in [0.05, 0.1) is 18.8 Å². The number of halogens is 6. The van der Waals surface area contributed by atoms with Gasteiger partial charge in [-0.2, -0.15) is 22.0 Å². The molecular weight excluding hydrogens is 566 g/mol. The first-order valence-electron chi connectivity index (χ1n) is 12.7. The number of alkyl halides is 5. The third-order valence-electron chi connectivity index (χ3n) is 5.90. The number of hydrogen-bond acceptors (Lipinski definition) is 6. The third-order valence-corrected chi connectivity index (χ3v) is 5.90. The highest BCUT2D eigenvalue weighted by Gasteiger charge is 2.35. The number of esters is 1. The number of benzene rings is 3. The average molecular weight is 596 g/mol. The number of unbranched alkanes of at least 4 members (excludes halogenated alkanes) is 1. The number of carbonyl (C=O) groups is 1. The number of nitrogens with two attached hydrogens (primary N) is 2. The summed E-state index contributed by atoms with van der Waals surface area (Å²) in [6.07, 6.45) is -6.73. The Morgan fingerprint density at radius 1 is 0.952 bits per heavy atom.